The van der Waals surface area contributed by atoms with Crippen LogP contribution in [0.15, 0.2) is 53.1 Å². The SMILES string of the molecule is C=C1C(c2ccc(-c3ccc(Cl)cc3)o2)N(N)C(=O)N1CCCCN1CCN(C)CC1. The molecule has 0 bridgehead atoms. The molecule has 7 nitrogen and oxygen atoms in total. The summed E-state index contributed by atoms with van der Waals surface area (Å²) < 4.78 is 6.03. The van der Waals surface area contributed by atoms with E-state index in [-0.39, 0.29) is 6.03 Å². The van der Waals surface area contributed by atoms with Crippen LogP contribution in [0.4, 0.5) is 4.79 Å². The molecule has 1 atom stereocenters. The maximum atomic E-state index is 12.7. The second-order valence-electron chi connectivity index (χ2n) is 8.30. The Morgan fingerprint density at radius 3 is 2.45 bits per heavy atom. The Morgan fingerprint density at radius 2 is 1.74 bits per heavy atom. The minimum atomic E-state index is -0.494. The second-order valence-corrected chi connectivity index (χ2v) is 8.73. The van der Waals surface area contributed by atoms with Crippen LogP contribution in [0.25, 0.3) is 11.3 Å². The largest absolute Gasteiger partial charge is 0.458 e. The van der Waals surface area contributed by atoms with E-state index in [9.17, 15) is 4.79 Å². The van der Waals surface area contributed by atoms with E-state index >= 15 is 0 Å². The molecule has 0 spiro atoms. The zero-order valence-corrected chi connectivity index (χ0v) is 18.7. The fraction of sp³-hybridized carbons (Fsp3) is 0.435. The third-order valence-electron chi connectivity index (χ3n) is 6.12. The van der Waals surface area contributed by atoms with Gasteiger partial charge in [-0.1, -0.05) is 18.2 Å². The number of carbonyl (C=O) groups is 1. The standard InChI is InChI=1S/C23H30ClN5O2/c1-17-22(21-10-9-20(31-21)18-5-7-19(24)8-6-18)29(25)23(30)28(17)12-4-3-11-27-15-13-26(2)14-16-27/h5-10,22H,1,3-4,11-16,25H2,2H3. The van der Waals surface area contributed by atoms with Gasteiger partial charge < -0.3 is 14.2 Å². The Morgan fingerprint density at radius 1 is 1.06 bits per heavy atom. The zero-order chi connectivity index (χ0) is 22.0. The van der Waals surface area contributed by atoms with Crippen molar-refractivity contribution >= 4 is 17.6 Å². The summed E-state index contributed by atoms with van der Waals surface area (Å²) >= 11 is 5.97. The van der Waals surface area contributed by atoms with Crippen molar-refractivity contribution in [3.63, 3.8) is 0 Å². The Bertz CT molecular complexity index is 920. The number of likely N-dealkylation sites (N-methyl/N-ethyl adjacent to an activating group) is 1. The highest BCUT2D eigenvalue weighted by molar-refractivity contribution is 6.30. The van der Waals surface area contributed by atoms with Crippen LogP contribution in [0.1, 0.15) is 24.6 Å². The molecular formula is C23H30ClN5O2. The van der Waals surface area contributed by atoms with Crippen LogP contribution in [0.3, 0.4) is 0 Å². The van der Waals surface area contributed by atoms with E-state index in [0.29, 0.717) is 28.8 Å². The smallest absolute Gasteiger partial charge is 0.339 e. The van der Waals surface area contributed by atoms with Crippen LogP contribution in [-0.4, -0.2) is 72.1 Å². The van der Waals surface area contributed by atoms with Crippen LogP contribution < -0.4 is 5.84 Å². The summed E-state index contributed by atoms with van der Waals surface area (Å²) in [6, 6.07) is 10.4. The van der Waals surface area contributed by atoms with Gasteiger partial charge in [-0.2, -0.15) is 0 Å². The van der Waals surface area contributed by atoms with Crippen LogP contribution >= 0.6 is 11.6 Å². The molecule has 1 aromatic heterocycles. The Balaban J connectivity index is 1.34. The predicted octanol–water partition coefficient (Wildman–Crippen LogP) is 3.79. The van der Waals surface area contributed by atoms with Crippen molar-refractivity contribution in [2.75, 3.05) is 46.3 Å². The maximum Gasteiger partial charge on any atom is 0.339 e. The molecule has 1 aromatic carbocycles. The van der Waals surface area contributed by atoms with Gasteiger partial charge in [-0.15, -0.1) is 0 Å². The molecule has 2 amide bonds. The molecule has 2 aliphatic rings. The van der Waals surface area contributed by atoms with Gasteiger partial charge in [0.1, 0.15) is 17.6 Å². The fourth-order valence-electron chi connectivity index (χ4n) is 4.17. The van der Waals surface area contributed by atoms with Crippen molar-refractivity contribution in [2.45, 2.75) is 18.9 Å². The Hall–Kier alpha value is -2.32. The van der Waals surface area contributed by atoms with Crippen molar-refractivity contribution < 1.29 is 9.21 Å². The summed E-state index contributed by atoms with van der Waals surface area (Å²) in [6.07, 6.45) is 1.95. The number of rotatable bonds is 7. The Kier molecular flexibility index (Phi) is 6.67. The van der Waals surface area contributed by atoms with Gasteiger partial charge in [-0.05, 0) is 62.8 Å². The number of hydrogen-bond donors (Lipinski definition) is 1. The normalized spacial score (nSPS) is 20.8. The molecule has 166 valence electrons. The van der Waals surface area contributed by atoms with Gasteiger partial charge in [0.25, 0.3) is 0 Å². The van der Waals surface area contributed by atoms with Gasteiger partial charge in [0.05, 0.1) is 0 Å². The fourth-order valence-corrected chi connectivity index (χ4v) is 4.29. The van der Waals surface area contributed by atoms with E-state index in [1.165, 1.54) is 5.01 Å². The van der Waals surface area contributed by atoms with Gasteiger partial charge in [-0.3, -0.25) is 4.90 Å². The molecule has 2 fully saturated rings. The van der Waals surface area contributed by atoms with Crippen LogP contribution in [0.5, 0.6) is 0 Å². The molecule has 31 heavy (non-hydrogen) atoms. The molecule has 4 rings (SSSR count). The molecule has 2 N–H and O–H groups in total. The van der Waals surface area contributed by atoms with Crippen molar-refractivity contribution in [1.29, 1.82) is 0 Å². The van der Waals surface area contributed by atoms with Gasteiger partial charge in [0.2, 0.25) is 0 Å². The first-order chi connectivity index (χ1) is 14.9. The third-order valence-corrected chi connectivity index (χ3v) is 6.37. The van der Waals surface area contributed by atoms with Crippen molar-refractivity contribution in [1.82, 2.24) is 19.7 Å². The number of nitrogens with two attached hydrogens (primary N) is 1. The number of amides is 2. The summed E-state index contributed by atoms with van der Waals surface area (Å²) in [6.45, 7) is 10.3. The first kappa shape index (κ1) is 21.9. The average Bonchev–Trinajstić information content (AvgIpc) is 3.31. The van der Waals surface area contributed by atoms with Gasteiger partial charge in [0, 0.05) is 49.0 Å². The van der Waals surface area contributed by atoms with Gasteiger partial charge in [0.15, 0.2) is 0 Å². The average molecular weight is 444 g/mol. The highest BCUT2D eigenvalue weighted by atomic mass is 35.5. The number of hydrazine groups is 1. The first-order valence-electron chi connectivity index (χ1n) is 10.7. The van der Waals surface area contributed by atoms with Crippen LogP contribution in [0.2, 0.25) is 5.02 Å². The van der Waals surface area contributed by atoms with E-state index in [1.54, 1.807) is 4.90 Å². The number of hydrogen-bond acceptors (Lipinski definition) is 5. The van der Waals surface area contributed by atoms with E-state index in [0.717, 1.165) is 51.1 Å². The minimum absolute atomic E-state index is 0.237. The number of furan rings is 1. The Labute approximate surface area is 188 Å². The highest BCUT2D eigenvalue weighted by Gasteiger charge is 2.41. The lowest BCUT2D eigenvalue weighted by atomic mass is 10.1. The van der Waals surface area contributed by atoms with Gasteiger partial charge in [-0.25, -0.2) is 15.6 Å². The van der Waals surface area contributed by atoms with Crippen LogP contribution in [0, 0.1) is 0 Å². The monoisotopic (exact) mass is 443 g/mol. The van der Waals surface area contributed by atoms with E-state index in [4.69, 9.17) is 21.9 Å². The maximum absolute atomic E-state index is 12.7. The summed E-state index contributed by atoms with van der Waals surface area (Å²) in [5.41, 5.74) is 1.57. The van der Waals surface area contributed by atoms with Gasteiger partial charge >= 0.3 is 6.03 Å². The van der Waals surface area contributed by atoms with Crippen LogP contribution in [-0.2, 0) is 0 Å². The van der Waals surface area contributed by atoms with Crippen molar-refractivity contribution in [2.24, 2.45) is 5.84 Å². The molecular weight excluding hydrogens is 414 g/mol. The second kappa shape index (κ2) is 9.44. The third kappa shape index (κ3) is 4.80. The highest BCUT2D eigenvalue weighted by Crippen LogP contribution is 2.37. The molecule has 2 aromatic rings. The van der Waals surface area contributed by atoms with E-state index in [2.05, 4.69) is 23.4 Å². The summed E-state index contributed by atoms with van der Waals surface area (Å²) in [5, 5.41) is 1.88. The molecule has 0 saturated carbocycles. The molecule has 8 heteroatoms. The molecule has 0 aliphatic carbocycles. The zero-order valence-electron chi connectivity index (χ0n) is 18.0. The molecule has 1 unspecified atom stereocenters. The van der Waals surface area contributed by atoms with Crippen molar-refractivity contribution in [3.8, 4) is 11.3 Å². The topological polar surface area (TPSA) is 69.2 Å². The predicted molar refractivity (Wildman–Crippen MR) is 122 cm³/mol. The summed E-state index contributed by atoms with van der Waals surface area (Å²) in [5.74, 6) is 7.43. The lowest BCUT2D eigenvalue weighted by Gasteiger charge is -2.32. The molecule has 2 saturated heterocycles. The van der Waals surface area contributed by atoms with E-state index < -0.39 is 6.04 Å². The molecule has 2 aliphatic heterocycles. The number of piperazine rings is 1. The lowest BCUT2D eigenvalue weighted by Crippen LogP contribution is -2.44. The number of benzene rings is 1. The van der Waals surface area contributed by atoms with Crippen molar-refractivity contribution in [3.05, 3.63) is 59.5 Å². The molecule has 3 heterocycles. The quantitative estimate of drug-likeness (QED) is 0.400. The summed E-state index contributed by atoms with van der Waals surface area (Å²) in [4.78, 5) is 19.3. The number of unbranched alkanes of at least 4 members (excludes halogenated alkanes) is 1. The summed E-state index contributed by atoms with van der Waals surface area (Å²) in [7, 11) is 2.16. The van der Waals surface area contributed by atoms with E-state index in [1.807, 2.05) is 36.4 Å². The number of nitrogens with zero attached hydrogens (tertiary/aromatic N) is 4. The number of carbonyl (C=O) groups excluding carboxylic acids is 1. The first-order valence-corrected chi connectivity index (χ1v) is 11.1. The minimum Gasteiger partial charge on any atom is -0.458 e. The number of halogens is 1. The number of urea groups is 1. The molecule has 0 radical (unpaired) electrons. The lowest BCUT2D eigenvalue weighted by molar-refractivity contribution is 0.151.